The number of hydrogen-bond donors (Lipinski definition) is 0. The van der Waals surface area contributed by atoms with Crippen molar-refractivity contribution < 1.29 is 27.4 Å². The molecule has 1 fully saturated rings. The van der Waals surface area contributed by atoms with E-state index in [0.717, 1.165) is 12.0 Å². The van der Waals surface area contributed by atoms with Crippen molar-refractivity contribution in [2.75, 3.05) is 13.1 Å². The second kappa shape index (κ2) is 9.52. The van der Waals surface area contributed by atoms with Gasteiger partial charge in [-0.15, -0.1) is 13.2 Å². The van der Waals surface area contributed by atoms with Crippen LogP contribution in [0.5, 0.6) is 11.5 Å². The molecule has 0 atom stereocenters. The zero-order valence-corrected chi connectivity index (χ0v) is 18.0. The van der Waals surface area contributed by atoms with Crippen LogP contribution in [0.2, 0.25) is 0 Å². The predicted octanol–water partition coefficient (Wildman–Crippen LogP) is 5.36. The second-order valence-electron chi connectivity index (χ2n) is 7.83. The molecule has 0 N–H and O–H groups in total. The Morgan fingerprint density at radius 1 is 1.03 bits per heavy atom. The fraction of sp³-hybridized carbons (Fsp3) is 0.280. The lowest BCUT2D eigenvalue weighted by atomic mass is 9.91. The second-order valence-corrected chi connectivity index (χ2v) is 7.83. The van der Waals surface area contributed by atoms with E-state index < -0.39 is 6.36 Å². The molecule has 3 aromatic rings. The van der Waals surface area contributed by atoms with Gasteiger partial charge in [0.05, 0.1) is 0 Å². The summed E-state index contributed by atoms with van der Waals surface area (Å²) in [6.07, 6.45) is -2.40. The van der Waals surface area contributed by atoms with E-state index in [4.69, 9.17) is 4.74 Å². The average Bonchev–Trinajstić information content (AvgIpc) is 2.77. The first kappa shape index (κ1) is 22.6. The molecule has 5 nitrogen and oxygen atoms in total. The molecule has 1 saturated heterocycles. The molecule has 1 aliphatic rings. The smallest absolute Gasteiger partial charge is 0.485 e. The van der Waals surface area contributed by atoms with E-state index >= 15 is 0 Å². The third-order valence-electron chi connectivity index (χ3n) is 5.54. The number of alkyl halides is 3. The van der Waals surface area contributed by atoms with Crippen molar-refractivity contribution in [1.82, 2.24) is 9.88 Å². The van der Waals surface area contributed by atoms with Gasteiger partial charge in [-0.1, -0.05) is 43.3 Å². The third-order valence-corrected chi connectivity index (χ3v) is 5.54. The van der Waals surface area contributed by atoms with E-state index in [1.54, 1.807) is 35.4 Å². The highest BCUT2D eigenvalue weighted by atomic mass is 19.4. The van der Waals surface area contributed by atoms with Crippen molar-refractivity contribution in [3.05, 3.63) is 89.2 Å². The van der Waals surface area contributed by atoms with Crippen LogP contribution in [0.4, 0.5) is 13.2 Å². The molecule has 1 aliphatic heterocycles. The highest BCUT2D eigenvalue weighted by Gasteiger charge is 2.35. The lowest BCUT2D eigenvalue weighted by Crippen LogP contribution is -2.48. The Morgan fingerprint density at radius 3 is 2.39 bits per heavy atom. The first-order chi connectivity index (χ1) is 15.8. The van der Waals surface area contributed by atoms with Gasteiger partial charge in [0, 0.05) is 25.2 Å². The molecule has 2 heterocycles. The molecule has 0 saturated carbocycles. The number of benzene rings is 2. The number of aryl methyl sites for hydroxylation is 1. The van der Waals surface area contributed by atoms with Crippen LogP contribution >= 0.6 is 0 Å². The zero-order valence-electron chi connectivity index (χ0n) is 18.0. The van der Waals surface area contributed by atoms with E-state index in [-0.39, 0.29) is 29.9 Å². The predicted molar refractivity (Wildman–Crippen MR) is 116 cm³/mol. The van der Waals surface area contributed by atoms with Gasteiger partial charge in [-0.25, -0.2) is 0 Å². The quantitative estimate of drug-likeness (QED) is 0.480. The van der Waals surface area contributed by atoms with Crippen molar-refractivity contribution in [2.24, 2.45) is 0 Å². The third kappa shape index (κ3) is 5.63. The highest BCUT2D eigenvalue weighted by molar-refractivity contribution is 5.92. The van der Waals surface area contributed by atoms with Gasteiger partial charge in [-0.2, -0.15) is 0 Å². The minimum Gasteiger partial charge on any atom is -0.485 e. The summed E-state index contributed by atoms with van der Waals surface area (Å²) in [5.41, 5.74) is 3.00. The molecular weight excluding hydrogens is 433 g/mol. The minimum atomic E-state index is -4.85. The van der Waals surface area contributed by atoms with Gasteiger partial charge in [0.2, 0.25) is 0 Å². The molecule has 1 amide bonds. The molecule has 0 radical (unpaired) electrons. The Bertz CT molecular complexity index is 1100. The van der Waals surface area contributed by atoms with Crippen molar-refractivity contribution in [3.8, 4) is 11.5 Å². The van der Waals surface area contributed by atoms with Crippen LogP contribution in [-0.2, 0) is 13.0 Å². The molecular formula is C25H23F3N2O3. The fourth-order valence-corrected chi connectivity index (χ4v) is 3.64. The van der Waals surface area contributed by atoms with Crippen LogP contribution in [0.3, 0.4) is 0 Å². The largest absolute Gasteiger partial charge is 0.573 e. The van der Waals surface area contributed by atoms with Gasteiger partial charge in [0.1, 0.15) is 12.3 Å². The molecule has 4 rings (SSSR count). The van der Waals surface area contributed by atoms with Crippen molar-refractivity contribution in [1.29, 1.82) is 0 Å². The topological polar surface area (TPSA) is 51.7 Å². The van der Waals surface area contributed by atoms with Gasteiger partial charge in [0.25, 0.3) is 5.91 Å². The number of amides is 1. The summed E-state index contributed by atoms with van der Waals surface area (Å²) >= 11 is 0. The van der Waals surface area contributed by atoms with E-state index in [0.29, 0.717) is 24.3 Å². The standard InChI is InChI=1S/C25H23F3N2O3/c1-2-17-6-8-18(9-7-17)16-32-22-11-10-19(13-23(22)33-25(26,27)28)20-14-30(15-20)24(31)21-5-3-4-12-29-21/h3-13,20H,2,14-16H2,1H3. The highest BCUT2D eigenvalue weighted by Crippen LogP contribution is 2.38. The van der Waals surface area contributed by atoms with Crippen LogP contribution < -0.4 is 9.47 Å². The van der Waals surface area contributed by atoms with E-state index in [1.165, 1.54) is 17.7 Å². The van der Waals surface area contributed by atoms with Crippen LogP contribution in [0, 0.1) is 0 Å². The first-order valence-corrected chi connectivity index (χ1v) is 10.6. The van der Waals surface area contributed by atoms with Gasteiger partial charge >= 0.3 is 6.36 Å². The zero-order chi connectivity index (χ0) is 23.4. The van der Waals surface area contributed by atoms with Crippen molar-refractivity contribution in [2.45, 2.75) is 32.2 Å². The van der Waals surface area contributed by atoms with Gasteiger partial charge < -0.3 is 14.4 Å². The Morgan fingerprint density at radius 2 is 1.76 bits per heavy atom. The number of rotatable bonds is 7. The molecule has 2 aromatic carbocycles. The molecule has 33 heavy (non-hydrogen) atoms. The Balaban J connectivity index is 1.45. The number of likely N-dealkylation sites (tertiary alicyclic amines) is 1. The number of ether oxygens (including phenoxy) is 2. The van der Waals surface area contributed by atoms with Crippen LogP contribution in [0.15, 0.2) is 66.9 Å². The van der Waals surface area contributed by atoms with Gasteiger partial charge in [0.15, 0.2) is 11.5 Å². The lowest BCUT2D eigenvalue weighted by molar-refractivity contribution is -0.275. The average molecular weight is 456 g/mol. The minimum absolute atomic E-state index is 0.0105. The fourth-order valence-electron chi connectivity index (χ4n) is 3.64. The summed E-state index contributed by atoms with van der Waals surface area (Å²) in [5, 5.41) is 0. The van der Waals surface area contributed by atoms with Crippen molar-refractivity contribution in [3.63, 3.8) is 0 Å². The number of pyridine rings is 1. The van der Waals surface area contributed by atoms with Gasteiger partial charge in [-0.05, 0) is 47.4 Å². The Hall–Kier alpha value is -3.55. The molecule has 0 aliphatic carbocycles. The number of aromatic nitrogens is 1. The van der Waals surface area contributed by atoms with E-state index in [2.05, 4.69) is 9.72 Å². The van der Waals surface area contributed by atoms with Crippen LogP contribution in [-0.4, -0.2) is 35.2 Å². The molecule has 0 spiro atoms. The molecule has 0 bridgehead atoms. The normalized spacial score (nSPS) is 14.0. The number of halogens is 3. The summed E-state index contributed by atoms with van der Waals surface area (Å²) < 4.78 is 48.9. The molecule has 8 heteroatoms. The Labute approximate surface area is 189 Å². The summed E-state index contributed by atoms with van der Waals surface area (Å²) in [6, 6.07) is 17.3. The van der Waals surface area contributed by atoms with E-state index in [9.17, 15) is 18.0 Å². The number of carbonyl (C=O) groups excluding carboxylic acids is 1. The summed E-state index contributed by atoms with van der Waals surface area (Å²) in [6.45, 7) is 2.95. The van der Waals surface area contributed by atoms with Crippen LogP contribution in [0.25, 0.3) is 0 Å². The monoisotopic (exact) mass is 456 g/mol. The van der Waals surface area contributed by atoms with Gasteiger partial charge in [-0.3, -0.25) is 9.78 Å². The molecule has 0 unspecified atom stereocenters. The maximum absolute atomic E-state index is 13.0. The van der Waals surface area contributed by atoms with E-state index in [1.807, 2.05) is 31.2 Å². The van der Waals surface area contributed by atoms with Crippen LogP contribution in [0.1, 0.15) is 40.0 Å². The summed E-state index contributed by atoms with van der Waals surface area (Å²) in [7, 11) is 0. The first-order valence-electron chi connectivity index (χ1n) is 10.6. The SMILES string of the molecule is CCc1ccc(COc2ccc(C3CN(C(=O)c4ccccn4)C3)cc2OC(F)(F)F)cc1. The lowest BCUT2D eigenvalue weighted by Gasteiger charge is -2.39. The molecule has 172 valence electrons. The number of hydrogen-bond acceptors (Lipinski definition) is 4. The molecule has 1 aromatic heterocycles. The Kier molecular flexibility index (Phi) is 6.53. The summed E-state index contributed by atoms with van der Waals surface area (Å²) in [4.78, 5) is 18.1. The number of carbonyl (C=O) groups is 1. The maximum atomic E-state index is 13.0. The summed E-state index contributed by atoms with van der Waals surface area (Å²) in [5.74, 6) is -0.674. The van der Waals surface area contributed by atoms with Crippen molar-refractivity contribution >= 4 is 5.91 Å². The number of nitrogens with zero attached hydrogens (tertiary/aromatic N) is 2. The maximum Gasteiger partial charge on any atom is 0.573 e.